The van der Waals surface area contributed by atoms with E-state index in [-0.39, 0.29) is 30.7 Å². The topological polar surface area (TPSA) is 51.2 Å². The molecular formula is C30H39ClN2O4. The van der Waals surface area contributed by atoms with E-state index in [9.17, 15) is 4.79 Å². The number of benzene rings is 3. The second kappa shape index (κ2) is 13.0. The Morgan fingerprint density at radius 1 is 0.946 bits per heavy atom. The van der Waals surface area contributed by atoms with Crippen molar-refractivity contribution in [2.24, 2.45) is 0 Å². The zero-order valence-electron chi connectivity index (χ0n) is 22.5. The first-order valence-electron chi connectivity index (χ1n) is 12.9. The second-order valence-electron chi connectivity index (χ2n) is 9.41. The normalized spacial score (nSPS) is 15.0. The van der Waals surface area contributed by atoms with Gasteiger partial charge in [-0.05, 0) is 72.5 Å². The van der Waals surface area contributed by atoms with Crippen LogP contribution in [0.2, 0.25) is 0 Å². The van der Waals surface area contributed by atoms with Gasteiger partial charge in [-0.2, -0.15) is 0 Å². The minimum atomic E-state index is -0.139. The van der Waals surface area contributed by atoms with Crippen molar-refractivity contribution in [1.29, 1.82) is 0 Å². The highest BCUT2D eigenvalue weighted by Crippen LogP contribution is 2.33. The molecule has 0 saturated carbocycles. The van der Waals surface area contributed by atoms with Crippen molar-refractivity contribution in [3.8, 4) is 17.2 Å². The quantitative estimate of drug-likeness (QED) is 0.300. The van der Waals surface area contributed by atoms with Gasteiger partial charge >= 0.3 is 0 Å². The van der Waals surface area contributed by atoms with Crippen LogP contribution in [0.1, 0.15) is 44.2 Å². The van der Waals surface area contributed by atoms with Gasteiger partial charge in [0.25, 0.3) is 0 Å². The Labute approximate surface area is 226 Å². The van der Waals surface area contributed by atoms with Crippen molar-refractivity contribution >= 4 is 29.1 Å². The van der Waals surface area contributed by atoms with Gasteiger partial charge in [-0.1, -0.05) is 50.6 Å². The molecule has 1 heterocycles. The highest BCUT2D eigenvalue weighted by molar-refractivity contribution is 5.85. The minimum Gasteiger partial charge on any atom is -0.493 e. The third kappa shape index (κ3) is 6.31. The molecule has 2 atom stereocenters. The van der Waals surface area contributed by atoms with Crippen LogP contribution in [-0.2, 0) is 17.6 Å². The minimum absolute atomic E-state index is 0. The molecule has 37 heavy (non-hydrogen) atoms. The van der Waals surface area contributed by atoms with Crippen LogP contribution in [0.5, 0.6) is 17.2 Å². The molecule has 3 aromatic carbocycles. The highest BCUT2D eigenvalue weighted by atomic mass is 35.5. The Morgan fingerprint density at radius 2 is 1.62 bits per heavy atom. The van der Waals surface area contributed by atoms with Gasteiger partial charge in [-0.3, -0.25) is 9.69 Å². The molecule has 0 radical (unpaired) electrons. The summed E-state index contributed by atoms with van der Waals surface area (Å²) >= 11 is 0. The lowest BCUT2D eigenvalue weighted by atomic mass is 10.0. The van der Waals surface area contributed by atoms with E-state index >= 15 is 0 Å². The molecular weight excluding hydrogens is 488 g/mol. The maximum atomic E-state index is 13.5. The summed E-state index contributed by atoms with van der Waals surface area (Å²) in [4.78, 5) is 17.8. The molecule has 1 amide bonds. The zero-order chi connectivity index (χ0) is 25.7. The van der Waals surface area contributed by atoms with Crippen molar-refractivity contribution in [1.82, 2.24) is 9.80 Å². The molecule has 0 saturated heterocycles. The first kappa shape index (κ1) is 28.6. The van der Waals surface area contributed by atoms with E-state index in [1.807, 2.05) is 35.2 Å². The Bertz CT molecular complexity index is 1200. The van der Waals surface area contributed by atoms with Crippen molar-refractivity contribution in [3.05, 3.63) is 65.7 Å². The number of carbonyl (C=O) groups is 1. The Kier molecular flexibility index (Phi) is 10.1. The van der Waals surface area contributed by atoms with Gasteiger partial charge in [-0.25, -0.2) is 0 Å². The van der Waals surface area contributed by atoms with Crippen LogP contribution in [-0.4, -0.2) is 55.9 Å². The van der Waals surface area contributed by atoms with Crippen molar-refractivity contribution in [2.45, 2.75) is 58.3 Å². The number of fused-ring (bicyclic) bond motifs is 2. The summed E-state index contributed by atoms with van der Waals surface area (Å²) in [7, 11) is 5.34. The summed E-state index contributed by atoms with van der Waals surface area (Å²) in [6.07, 6.45) is 3.59. The average Bonchev–Trinajstić information content (AvgIpc) is 3.05. The summed E-state index contributed by atoms with van der Waals surface area (Å²) in [5.41, 5.74) is 2.15. The standard InChI is InChI=1S/C30H38N2O4.ClH/c1-6-10-30(36-25-14-13-21-11-8-9-12-22(21)17-25)31(3)28(7-2)32-16-15-23-18-26(34-4)27(35-5)19-24(23)20-29(32)33;/h8-9,11-14,17-19,28,30H,6-7,10,15-16,20H2,1-5H3;1H. The van der Waals surface area contributed by atoms with E-state index in [0.29, 0.717) is 24.5 Å². The van der Waals surface area contributed by atoms with E-state index in [2.05, 4.69) is 50.1 Å². The lowest BCUT2D eigenvalue weighted by molar-refractivity contribution is -0.140. The Balaban J connectivity index is 0.00000380. The number of rotatable bonds is 10. The SMILES string of the molecule is CCCC(Oc1ccc2ccccc2c1)N(C)C(CC)N1CCc2cc(OC)c(OC)cc2CC1=O.Cl. The third-order valence-electron chi connectivity index (χ3n) is 7.17. The van der Waals surface area contributed by atoms with Crippen LogP contribution in [0.25, 0.3) is 10.8 Å². The van der Waals surface area contributed by atoms with Crippen LogP contribution in [0, 0.1) is 0 Å². The second-order valence-corrected chi connectivity index (χ2v) is 9.41. The Hall–Kier alpha value is -2.96. The number of hydrogen-bond acceptors (Lipinski definition) is 5. The monoisotopic (exact) mass is 526 g/mol. The summed E-state index contributed by atoms with van der Waals surface area (Å²) in [5.74, 6) is 2.34. The maximum Gasteiger partial charge on any atom is 0.228 e. The van der Waals surface area contributed by atoms with Gasteiger partial charge < -0.3 is 19.1 Å². The highest BCUT2D eigenvalue weighted by Gasteiger charge is 2.32. The van der Waals surface area contributed by atoms with Crippen LogP contribution in [0.4, 0.5) is 0 Å². The molecule has 1 aliphatic heterocycles. The van der Waals surface area contributed by atoms with Crippen LogP contribution in [0.15, 0.2) is 54.6 Å². The first-order valence-corrected chi connectivity index (χ1v) is 12.9. The van der Waals surface area contributed by atoms with Gasteiger partial charge in [0.15, 0.2) is 17.7 Å². The van der Waals surface area contributed by atoms with E-state index in [1.165, 1.54) is 5.39 Å². The third-order valence-corrected chi connectivity index (χ3v) is 7.17. The summed E-state index contributed by atoms with van der Waals surface area (Å²) in [6.45, 7) is 4.95. The predicted octanol–water partition coefficient (Wildman–Crippen LogP) is 6.08. The van der Waals surface area contributed by atoms with Gasteiger partial charge in [0.2, 0.25) is 5.91 Å². The van der Waals surface area contributed by atoms with Crippen molar-refractivity contribution in [3.63, 3.8) is 0 Å². The smallest absolute Gasteiger partial charge is 0.228 e. The van der Waals surface area contributed by atoms with Crippen LogP contribution < -0.4 is 14.2 Å². The fourth-order valence-corrected chi connectivity index (χ4v) is 5.22. The molecule has 0 spiro atoms. The maximum absolute atomic E-state index is 13.5. The van der Waals surface area contributed by atoms with E-state index in [0.717, 1.165) is 47.9 Å². The molecule has 0 N–H and O–H groups in total. The fraction of sp³-hybridized carbons (Fsp3) is 0.433. The van der Waals surface area contributed by atoms with E-state index < -0.39 is 0 Å². The molecule has 0 bridgehead atoms. The van der Waals surface area contributed by atoms with E-state index in [1.54, 1.807) is 14.2 Å². The molecule has 2 unspecified atom stereocenters. The lowest BCUT2D eigenvalue weighted by Crippen LogP contribution is -2.54. The lowest BCUT2D eigenvalue weighted by Gasteiger charge is -2.40. The molecule has 3 aromatic rings. The molecule has 200 valence electrons. The van der Waals surface area contributed by atoms with E-state index in [4.69, 9.17) is 14.2 Å². The number of amides is 1. The molecule has 0 fully saturated rings. The average molecular weight is 527 g/mol. The number of ether oxygens (including phenoxy) is 3. The number of nitrogens with zero attached hydrogens (tertiary/aromatic N) is 2. The largest absolute Gasteiger partial charge is 0.493 e. The van der Waals surface area contributed by atoms with Gasteiger partial charge in [0, 0.05) is 6.54 Å². The molecule has 6 nitrogen and oxygen atoms in total. The first-order chi connectivity index (χ1) is 17.5. The summed E-state index contributed by atoms with van der Waals surface area (Å²) < 4.78 is 17.5. The zero-order valence-corrected chi connectivity index (χ0v) is 23.3. The predicted molar refractivity (Wildman–Crippen MR) is 151 cm³/mol. The molecule has 1 aliphatic rings. The van der Waals surface area contributed by atoms with Crippen molar-refractivity contribution < 1.29 is 19.0 Å². The van der Waals surface area contributed by atoms with Crippen LogP contribution in [0.3, 0.4) is 0 Å². The summed E-state index contributed by atoms with van der Waals surface area (Å²) in [6, 6.07) is 18.5. The number of carbonyl (C=O) groups excluding carboxylic acids is 1. The molecule has 7 heteroatoms. The van der Waals surface area contributed by atoms with Crippen LogP contribution >= 0.6 is 12.4 Å². The van der Waals surface area contributed by atoms with Gasteiger partial charge in [0.1, 0.15) is 5.75 Å². The number of hydrogen-bond donors (Lipinski definition) is 0. The molecule has 4 rings (SSSR count). The molecule has 0 aliphatic carbocycles. The van der Waals surface area contributed by atoms with Gasteiger partial charge in [0.05, 0.1) is 26.8 Å². The summed E-state index contributed by atoms with van der Waals surface area (Å²) in [5, 5.41) is 2.35. The fourth-order valence-electron chi connectivity index (χ4n) is 5.22. The molecule has 0 aromatic heterocycles. The Morgan fingerprint density at radius 3 is 2.27 bits per heavy atom. The van der Waals surface area contributed by atoms with Crippen molar-refractivity contribution in [2.75, 3.05) is 27.8 Å². The number of halogens is 1. The number of methoxy groups -OCH3 is 2. The van der Waals surface area contributed by atoms with Gasteiger partial charge in [-0.15, -0.1) is 12.4 Å².